The molecule has 3 aliphatic heterocycles. The fourth-order valence-electron chi connectivity index (χ4n) is 5.12. The minimum absolute atomic E-state index is 0.0842. The summed E-state index contributed by atoms with van der Waals surface area (Å²) < 4.78 is 27.6. The van der Waals surface area contributed by atoms with Crippen molar-refractivity contribution >= 4 is 12.0 Å². The number of fused-ring (bicyclic) bond motifs is 3. The zero-order chi connectivity index (χ0) is 25.6. The second kappa shape index (κ2) is 9.72. The summed E-state index contributed by atoms with van der Waals surface area (Å²) in [5.41, 5.74) is -0.416. The van der Waals surface area contributed by atoms with Crippen LogP contribution < -0.4 is 0 Å². The van der Waals surface area contributed by atoms with Crippen molar-refractivity contribution in [1.82, 2.24) is 0 Å². The lowest BCUT2D eigenvalue weighted by atomic mass is 9.85. The van der Waals surface area contributed by atoms with Crippen LogP contribution in [0.4, 0.5) is 0 Å². The third-order valence-corrected chi connectivity index (χ3v) is 7.14. The second-order valence-electron chi connectivity index (χ2n) is 9.28. The summed E-state index contributed by atoms with van der Waals surface area (Å²) in [4.78, 5) is 12.1. The summed E-state index contributed by atoms with van der Waals surface area (Å²) in [6, 6.07) is 6.11. The summed E-state index contributed by atoms with van der Waals surface area (Å²) in [5, 5.41) is 60.8. The molecule has 12 heteroatoms. The number of carbonyl (C=O) groups is 1. The van der Waals surface area contributed by atoms with Crippen LogP contribution in [-0.2, 0) is 28.5 Å². The Balaban J connectivity index is 1.22. The first kappa shape index (κ1) is 25.1. The van der Waals surface area contributed by atoms with Gasteiger partial charge in [-0.25, -0.2) is 4.79 Å². The fraction of sp³-hybridized carbons (Fsp3) is 0.542. The Hall–Kier alpha value is -2.55. The number of phenols is 1. The van der Waals surface area contributed by atoms with Gasteiger partial charge in [-0.1, -0.05) is 12.1 Å². The molecule has 0 bridgehead atoms. The number of aliphatic hydroxyl groups excluding tert-OH is 5. The molecule has 1 aliphatic carbocycles. The van der Waals surface area contributed by atoms with Gasteiger partial charge in [0.15, 0.2) is 6.29 Å². The topological polar surface area (TPSA) is 188 Å². The third kappa shape index (κ3) is 4.40. The number of aliphatic hydroxyl groups is 5. The number of hydrogen-bond acceptors (Lipinski definition) is 12. The molecule has 4 aliphatic rings. The zero-order valence-electron chi connectivity index (χ0n) is 18.9. The molecule has 0 radical (unpaired) electrons. The smallest absolute Gasteiger partial charge is 0.330 e. The fourth-order valence-corrected chi connectivity index (χ4v) is 5.12. The van der Waals surface area contributed by atoms with Crippen LogP contribution in [0.15, 0.2) is 42.7 Å². The Morgan fingerprint density at radius 2 is 1.78 bits per heavy atom. The maximum absolute atomic E-state index is 12.1. The predicted molar refractivity (Wildman–Crippen MR) is 118 cm³/mol. The van der Waals surface area contributed by atoms with E-state index in [0.717, 1.165) is 6.08 Å². The van der Waals surface area contributed by atoms with Crippen LogP contribution in [0.1, 0.15) is 5.56 Å². The summed E-state index contributed by atoms with van der Waals surface area (Å²) in [5.74, 6) is -1.71. The van der Waals surface area contributed by atoms with E-state index in [2.05, 4.69) is 0 Å². The standard InChI is InChI=1S/C24H28O12/c25-10-24-16-13(17(28)21(24)36-24)7-8-32-22(16)35-23-20(31)19(30)18(29)14(34-23)9-33-15(27)6-3-11-1-4-12(26)5-2-11/h1-8,13-14,16-23,25-26,28-31H,9-10H2/b6-3+/t13-,14-,16-,17+,18+,19+,20+,21+,22+,23+,24-/m1/s1. The Morgan fingerprint density at radius 3 is 2.50 bits per heavy atom. The van der Waals surface area contributed by atoms with Gasteiger partial charge in [-0.3, -0.25) is 0 Å². The highest BCUT2D eigenvalue weighted by atomic mass is 16.8. The van der Waals surface area contributed by atoms with Gasteiger partial charge < -0.3 is 54.3 Å². The maximum atomic E-state index is 12.1. The molecule has 196 valence electrons. The van der Waals surface area contributed by atoms with Crippen molar-refractivity contribution in [3.63, 3.8) is 0 Å². The maximum Gasteiger partial charge on any atom is 0.330 e. The van der Waals surface area contributed by atoms with Gasteiger partial charge in [0.2, 0.25) is 6.29 Å². The first-order valence-corrected chi connectivity index (χ1v) is 11.5. The summed E-state index contributed by atoms with van der Waals surface area (Å²) in [6.45, 7) is -0.829. The van der Waals surface area contributed by atoms with Gasteiger partial charge in [-0.05, 0) is 29.8 Å². The molecule has 1 saturated carbocycles. The molecular weight excluding hydrogens is 480 g/mol. The van der Waals surface area contributed by atoms with Crippen molar-refractivity contribution in [1.29, 1.82) is 0 Å². The molecule has 0 amide bonds. The van der Waals surface area contributed by atoms with Crippen LogP contribution in [0, 0.1) is 11.8 Å². The number of hydrogen-bond donors (Lipinski definition) is 6. The van der Waals surface area contributed by atoms with E-state index in [-0.39, 0.29) is 12.4 Å². The Bertz CT molecular complexity index is 1010. The van der Waals surface area contributed by atoms with Crippen molar-refractivity contribution in [2.75, 3.05) is 13.2 Å². The second-order valence-corrected chi connectivity index (χ2v) is 9.28. The number of benzene rings is 1. The molecule has 6 N–H and O–H groups in total. The van der Waals surface area contributed by atoms with E-state index in [0.29, 0.717) is 5.56 Å². The number of ether oxygens (including phenoxy) is 5. The van der Waals surface area contributed by atoms with E-state index in [4.69, 9.17) is 23.7 Å². The number of rotatable bonds is 7. The molecule has 0 unspecified atom stereocenters. The quantitative estimate of drug-likeness (QED) is 0.141. The van der Waals surface area contributed by atoms with Gasteiger partial charge in [-0.2, -0.15) is 0 Å². The number of aromatic hydroxyl groups is 1. The zero-order valence-corrected chi connectivity index (χ0v) is 18.9. The molecule has 0 spiro atoms. The molecule has 3 fully saturated rings. The molecule has 12 nitrogen and oxygen atoms in total. The van der Waals surface area contributed by atoms with Crippen molar-refractivity contribution in [2.45, 2.75) is 54.8 Å². The van der Waals surface area contributed by atoms with Gasteiger partial charge in [0, 0.05) is 12.0 Å². The summed E-state index contributed by atoms with van der Waals surface area (Å²) in [6.07, 6.45) is -4.61. The lowest BCUT2D eigenvalue weighted by Gasteiger charge is -2.43. The molecule has 0 aromatic heterocycles. The highest BCUT2D eigenvalue weighted by Gasteiger charge is 2.75. The number of carbonyl (C=O) groups excluding carboxylic acids is 1. The van der Waals surface area contributed by atoms with E-state index in [1.807, 2.05) is 0 Å². The van der Waals surface area contributed by atoms with Gasteiger partial charge in [0.1, 0.15) is 48.5 Å². The van der Waals surface area contributed by atoms with E-state index < -0.39 is 79.2 Å². The van der Waals surface area contributed by atoms with Crippen LogP contribution >= 0.6 is 0 Å². The lowest BCUT2D eigenvalue weighted by molar-refractivity contribution is -0.344. The molecule has 1 aromatic rings. The van der Waals surface area contributed by atoms with Crippen molar-refractivity contribution in [3.05, 3.63) is 48.2 Å². The molecule has 36 heavy (non-hydrogen) atoms. The monoisotopic (exact) mass is 508 g/mol. The average molecular weight is 508 g/mol. The molecule has 2 saturated heterocycles. The summed E-state index contributed by atoms with van der Waals surface area (Å²) in [7, 11) is 0. The van der Waals surface area contributed by atoms with Crippen molar-refractivity contribution in [2.24, 2.45) is 11.8 Å². The Kier molecular flexibility index (Phi) is 6.78. The normalized spacial score (nSPS) is 43.0. The highest BCUT2D eigenvalue weighted by Crippen LogP contribution is 2.59. The summed E-state index contributed by atoms with van der Waals surface area (Å²) >= 11 is 0. The van der Waals surface area contributed by atoms with Crippen LogP contribution in [0.25, 0.3) is 6.08 Å². The van der Waals surface area contributed by atoms with Crippen LogP contribution in [-0.4, -0.2) is 105 Å². The van der Waals surface area contributed by atoms with Gasteiger partial charge >= 0.3 is 5.97 Å². The number of phenolic OH excluding ortho intramolecular Hbond substituents is 1. The molecule has 1 aromatic carbocycles. The number of esters is 1. The van der Waals surface area contributed by atoms with E-state index in [1.54, 1.807) is 18.2 Å². The Morgan fingerprint density at radius 1 is 1.03 bits per heavy atom. The van der Waals surface area contributed by atoms with Crippen LogP contribution in [0.3, 0.4) is 0 Å². The highest BCUT2D eigenvalue weighted by molar-refractivity contribution is 5.87. The van der Waals surface area contributed by atoms with Crippen LogP contribution in [0.2, 0.25) is 0 Å². The van der Waals surface area contributed by atoms with Gasteiger partial charge in [-0.15, -0.1) is 0 Å². The van der Waals surface area contributed by atoms with E-state index in [9.17, 15) is 35.4 Å². The minimum atomic E-state index is -1.68. The Labute approximate surface area is 205 Å². The van der Waals surface area contributed by atoms with E-state index in [1.165, 1.54) is 24.5 Å². The predicted octanol–water partition coefficient (Wildman–Crippen LogP) is -1.62. The lowest BCUT2D eigenvalue weighted by Crippen LogP contribution is -2.60. The average Bonchev–Trinajstić information content (AvgIpc) is 3.57. The van der Waals surface area contributed by atoms with Crippen molar-refractivity contribution < 1.29 is 59.1 Å². The SMILES string of the molecule is O=C(/C=C/c1ccc(O)cc1)OC[C@H]1O[C@@H](O[C@@H]2OC=C[C@H]3[C@H](O)[C@@H]4O[C@]4(CO)[C@@H]23)[C@@H](O)[C@@H](O)[C@H]1O. The van der Waals surface area contributed by atoms with Crippen LogP contribution in [0.5, 0.6) is 5.75 Å². The van der Waals surface area contributed by atoms with Crippen molar-refractivity contribution in [3.8, 4) is 5.75 Å². The number of epoxide rings is 1. The first-order chi connectivity index (χ1) is 17.2. The first-order valence-electron chi connectivity index (χ1n) is 11.5. The largest absolute Gasteiger partial charge is 0.508 e. The van der Waals surface area contributed by atoms with Gasteiger partial charge in [0.25, 0.3) is 0 Å². The van der Waals surface area contributed by atoms with E-state index >= 15 is 0 Å². The molecule has 11 atom stereocenters. The molecular formula is C24H28O12. The molecule has 3 heterocycles. The third-order valence-electron chi connectivity index (χ3n) is 7.14. The minimum Gasteiger partial charge on any atom is -0.508 e. The van der Waals surface area contributed by atoms with Gasteiger partial charge in [0.05, 0.1) is 24.9 Å². The molecule has 5 rings (SSSR count).